The van der Waals surface area contributed by atoms with Crippen LogP contribution in [-0.4, -0.2) is 21.9 Å². The number of benzene rings is 2. The van der Waals surface area contributed by atoms with Gasteiger partial charge in [-0.1, -0.05) is 60.3 Å². The Labute approximate surface area is 166 Å². The molecule has 2 aromatic carbocycles. The van der Waals surface area contributed by atoms with Gasteiger partial charge in [-0.05, 0) is 34.7 Å². The van der Waals surface area contributed by atoms with Gasteiger partial charge in [0.05, 0.1) is 18.5 Å². The van der Waals surface area contributed by atoms with E-state index in [1.807, 2.05) is 24.3 Å². The van der Waals surface area contributed by atoms with Crippen molar-refractivity contribution in [1.29, 1.82) is 0 Å². The fourth-order valence-corrected chi connectivity index (χ4v) is 4.40. The lowest BCUT2D eigenvalue weighted by molar-refractivity contribution is 0.414. The Morgan fingerprint density at radius 2 is 1.81 bits per heavy atom. The van der Waals surface area contributed by atoms with Crippen molar-refractivity contribution in [1.82, 2.24) is 14.8 Å². The molecule has 0 atom stereocenters. The fraction of sp³-hybridized carbons (Fsp3) is 0.143. The molecular formula is C21H19N3OS2. The van der Waals surface area contributed by atoms with E-state index in [0.717, 1.165) is 33.9 Å². The van der Waals surface area contributed by atoms with Crippen LogP contribution in [0.15, 0.2) is 77.3 Å². The summed E-state index contributed by atoms with van der Waals surface area (Å²) in [6, 6.07) is 22.7. The van der Waals surface area contributed by atoms with Crippen LogP contribution in [0.4, 0.5) is 0 Å². The summed E-state index contributed by atoms with van der Waals surface area (Å²) in [4.78, 5) is 1.13. The zero-order valence-corrected chi connectivity index (χ0v) is 16.5. The normalized spacial score (nSPS) is 10.9. The molecule has 0 aliphatic rings. The van der Waals surface area contributed by atoms with Crippen molar-refractivity contribution in [2.24, 2.45) is 0 Å². The van der Waals surface area contributed by atoms with Gasteiger partial charge in [0.25, 0.3) is 0 Å². The molecule has 0 radical (unpaired) electrons. The number of hydrogen-bond donors (Lipinski definition) is 0. The maximum atomic E-state index is 5.32. The van der Waals surface area contributed by atoms with Crippen LogP contribution in [0.3, 0.4) is 0 Å². The van der Waals surface area contributed by atoms with E-state index in [-0.39, 0.29) is 0 Å². The average molecular weight is 394 g/mol. The molecule has 4 rings (SSSR count). The van der Waals surface area contributed by atoms with Crippen LogP contribution < -0.4 is 4.74 Å². The molecule has 0 spiro atoms. The number of hydrogen-bond acceptors (Lipinski definition) is 5. The molecule has 0 amide bonds. The van der Waals surface area contributed by atoms with Gasteiger partial charge in [-0.25, -0.2) is 0 Å². The van der Waals surface area contributed by atoms with Crippen LogP contribution in [0.2, 0.25) is 0 Å². The molecule has 0 bridgehead atoms. The van der Waals surface area contributed by atoms with Gasteiger partial charge >= 0.3 is 0 Å². The van der Waals surface area contributed by atoms with E-state index in [0.29, 0.717) is 0 Å². The minimum Gasteiger partial charge on any atom is -0.497 e. The van der Waals surface area contributed by atoms with Crippen LogP contribution in [0.5, 0.6) is 5.75 Å². The second-order valence-electron chi connectivity index (χ2n) is 6.00. The molecular weight excluding hydrogens is 374 g/mol. The predicted molar refractivity (Wildman–Crippen MR) is 111 cm³/mol. The molecule has 6 heteroatoms. The molecule has 0 aliphatic heterocycles. The zero-order valence-electron chi connectivity index (χ0n) is 14.9. The number of aromatic nitrogens is 3. The first kappa shape index (κ1) is 17.8. The van der Waals surface area contributed by atoms with Crippen LogP contribution in [-0.2, 0) is 12.3 Å². The summed E-state index contributed by atoms with van der Waals surface area (Å²) >= 11 is 3.38. The molecule has 2 heterocycles. The van der Waals surface area contributed by atoms with Gasteiger partial charge in [-0.15, -0.1) is 21.5 Å². The highest BCUT2D eigenvalue weighted by atomic mass is 32.2. The van der Waals surface area contributed by atoms with Crippen molar-refractivity contribution < 1.29 is 4.74 Å². The first-order valence-corrected chi connectivity index (χ1v) is 10.5. The first-order chi connectivity index (χ1) is 13.3. The highest BCUT2D eigenvalue weighted by Crippen LogP contribution is 2.30. The summed E-state index contributed by atoms with van der Waals surface area (Å²) in [5.41, 5.74) is 2.43. The molecule has 0 saturated carbocycles. The lowest BCUT2D eigenvalue weighted by Gasteiger charge is -2.10. The van der Waals surface area contributed by atoms with Crippen molar-refractivity contribution in [3.05, 3.63) is 83.2 Å². The maximum absolute atomic E-state index is 5.32. The van der Waals surface area contributed by atoms with Gasteiger partial charge in [0.1, 0.15) is 5.75 Å². The Hall–Kier alpha value is -2.57. The van der Waals surface area contributed by atoms with E-state index in [1.54, 1.807) is 30.2 Å². The molecule has 0 N–H and O–H groups in total. The van der Waals surface area contributed by atoms with Crippen LogP contribution in [0, 0.1) is 0 Å². The number of nitrogens with zero attached hydrogens (tertiary/aromatic N) is 3. The summed E-state index contributed by atoms with van der Waals surface area (Å²) < 4.78 is 7.52. The Morgan fingerprint density at radius 3 is 2.59 bits per heavy atom. The Morgan fingerprint density at radius 1 is 0.963 bits per heavy atom. The quantitative estimate of drug-likeness (QED) is 0.397. The smallest absolute Gasteiger partial charge is 0.192 e. The van der Waals surface area contributed by atoms with Gasteiger partial charge < -0.3 is 4.74 Å². The van der Waals surface area contributed by atoms with E-state index in [2.05, 4.69) is 62.6 Å². The SMILES string of the molecule is COc1cccc(CSc2nnc(-c3cccs3)n2Cc2ccccc2)c1. The highest BCUT2D eigenvalue weighted by molar-refractivity contribution is 7.98. The highest BCUT2D eigenvalue weighted by Gasteiger charge is 2.15. The molecule has 0 unspecified atom stereocenters. The Balaban J connectivity index is 1.61. The number of thioether (sulfide) groups is 1. The van der Waals surface area contributed by atoms with E-state index in [9.17, 15) is 0 Å². The van der Waals surface area contributed by atoms with Crippen molar-refractivity contribution in [3.8, 4) is 16.5 Å². The Bertz CT molecular complexity index is 997. The van der Waals surface area contributed by atoms with Crippen molar-refractivity contribution in [2.45, 2.75) is 17.5 Å². The van der Waals surface area contributed by atoms with Gasteiger partial charge in [-0.3, -0.25) is 4.57 Å². The molecule has 0 fully saturated rings. The molecule has 4 aromatic rings. The van der Waals surface area contributed by atoms with E-state index in [4.69, 9.17) is 4.74 Å². The molecule has 4 nitrogen and oxygen atoms in total. The van der Waals surface area contributed by atoms with E-state index in [1.165, 1.54) is 11.1 Å². The second-order valence-corrected chi connectivity index (χ2v) is 7.89. The van der Waals surface area contributed by atoms with Crippen molar-refractivity contribution in [3.63, 3.8) is 0 Å². The number of rotatable bonds is 7. The minimum absolute atomic E-state index is 0.752. The number of ether oxygens (including phenoxy) is 1. The largest absolute Gasteiger partial charge is 0.497 e. The zero-order chi connectivity index (χ0) is 18.5. The van der Waals surface area contributed by atoms with Crippen molar-refractivity contribution in [2.75, 3.05) is 7.11 Å². The standard InChI is InChI=1S/C21H19N3OS2/c1-25-18-10-5-9-17(13-18)15-27-21-23-22-20(19-11-6-12-26-19)24(21)14-16-7-3-2-4-8-16/h2-13H,14-15H2,1H3. The third-order valence-electron chi connectivity index (χ3n) is 4.14. The van der Waals surface area contributed by atoms with E-state index < -0.39 is 0 Å². The summed E-state index contributed by atoms with van der Waals surface area (Å²) in [6.45, 7) is 0.752. The van der Waals surface area contributed by atoms with E-state index >= 15 is 0 Å². The summed E-state index contributed by atoms with van der Waals surface area (Å²) in [6.07, 6.45) is 0. The minimum atomic E-state index is 0.752. The topological polar surface area (TPSA) is 39.9 Å². The van der Waals surface area contributed by atoms with Crippen molar-refractivity contribution >= 4 is 23.1 Å². The monoisotopic (exact) mass is 393 g/mol. The average Bonchev–Trinajstić information content (AvgIpc) is 3.37. The lowest BCUT2D eigenvalue weighted by atomic mass is 10.2. The van der Waals surface area contributed by atoms with Gasteiger partial charge in [0, 0.05) is 5.75 Å². The van der Waals surface area contributed by atoms with Crippen LogP contribution >= 0.6 is 23.1 Å². The molecule has 2 aromatic heterocycles. The number of methoxy groups -OCH3 is 1. The van der Waals surface area contributed by atoms with Gasteiger partial charge in [0.15, 0.2) is 11.0 Å². The van der Waals surface area contributed by atoms with Crippen LogP contribution in [0.1, 0.15) is 11.1 Å². The Kier molecular flexibility index (Phi) is 5.55. The lowest BCUT2D eigenvalue weighted by Crippen LogP contribution is -2.03. The molecule has 136 valence electrons. The maximum Gasteiger partial charge on any atom is 0.192 e. The summed E-state index contributed by atoms with van der Waals surface area (Å²) in [7, 11) is 1.69. The first-order valence-electron chi connectivity index (χ1n) is 8.60. The summed E-state index contributed by atoms with van der Waals surface area (Å²) in [5.74, 6) is 2.61. The fourth-order valence-electron chi connectivity index (χ4n) is 2.80. The third-order valence-corrected chi connectivity index (χ3v) is 6.05. The molecule has 0 aliphatic carbocycles. The van der Waals surface area contributed by atoms with Crippen LogP contribution in [0.25, 0.3) is 10.7 Å². The molecule has 27 heavy (non-hydrogen) atoms. The predicted octanol–water partition coefficient (Wildman–Crippen LogP) is 5.36. The second kappa shape index (κ2) is 8.41. The number of thiophene rings is 1. The van der Waals surface area contributed by atoms with Gasteiger partial charge in [0.2, 0.25) is 0 Å². The molecule has 0 saturated heterocycles. The third kappa shape index (κ3) is 4.23. The summed E-state index contributed by atoms with van der Waals surface area (Å²) in [5, 5.41) is 11.9. The van der Waals surface area contributed by atoms with Gasteiger partial charge in [-0.2, -0.15) is 0 Å².